The van der Waals surface area contributed by atoms with Crippen LogP contribution in [0, 0.1) is 0 Å². The molecular formula is C25H28N6O5. The van der Waals surface area contributed by atoms with Gasteiger partial charge in [0.2, 0.25) is 0 Å². The lowest BCUT2D eigenvalue weighted by Gasteiger charge is -2.29. The average molecular weight is 493 g/mol. The third-order valence-corrected chi connectivity index (χ3v) is 5.24. The summed E-state index contributed by atoms with van der Waals surface area (Å²) >= 11 is 0. The molecule has 11 heteroatoms. The number of rotatable bonds is 8. The lowest BCUT2D eigenvalue weighted by molar-refractivity contribution is 0.0514. The normalized spacial score (nSPS) is 13.1. The van der Waals surface area contributed by atoms with Gasteiger partial charge in [-0.25, -0.2) is 19.6 Å². The molecule has 1 aliphatic rings. The Balaban J connectivity index is 1.62. The number of hydrogen-bond acceptors (Lipinski definition) is 9. The lowest BCUT2D eigenvalue weighted by atomic mass is 10.2. The zero-order valence-electron chi connectivity index (χ0n) is 20.2. The minimum Gasteiger partial charge on any atom is -0.488 e. The fourth-order valence-corrected chi connectivity index (χ4v) is 3.61. The van der Waals surface area contributed by atoms with Crippen molar-refractivity contribution in [2.75, 3.05) is 55.1 Å². The number of morpholine rings is 1. The first kappa shape index (κ1) is 24.9. The summed E-state index contributed by atoms with van der Waals surface area (Å²) in [6.07, 6.45) is 3.18. The van der Waals surface area contributed by atoms with E-state index in [0.29, 0.717) is 67.2 Å². The second-order valence-corrected chi connectivity index (χ2v) is 7.70. The summed E-state index contributed by atoms with van der Waals surface area (Å²) < 4.78 is 16.5. The van der Waals surface area contributed by atoms with Gasteiger partial charge in [0, 0.05) is 30.5 Å². The molecule has 2 amide bonds. The first-order valence-electron chi connectivity index (χ1n) is 11.7. The van der Waals surface area contributed by atoms with Crippen LogP contribution < -0.4 is 20.3 Å². The van der Waals surface area contributed by atoms with Gasteiger partial charge in [0.25, 0.3) is 0 Å². The van der Waals surface area contributed by atoms with Gasteiger partial charge in [-0.2, -0.15) is 0 Å². The van der Waals surface area contributed by atoms with Crippen LogP contribution >= 0.6 is 0 Å². The molecular weight excluding hydrogens is 464 g/mol. The van der Waals surface area contributed by atoms with Crippen molar-refractivity contribution in [1.82, 2.24) is 15.0 Å². The monoisotopic (exact) mass is 492 g/mol. The predicted octanol–water partition coefficient (Wildman–Crippen LogP) is 3.59. The maximum atomic E-state index is 12.8. The van der Waals surface area contributed by atoms with Gasteiger partial charge >= 0.3 is 12.0 Å². The zero-order valence-corrected chi connectivity index (χ0v) is 20.2. The summed E-state index contributed by atoms with van der Waals surface area (Å²) in [5.41, 5.74) is 1.89. The first-order valence-corrected chi connectivity index (χ1v) is 11.7. The van der Waals surface area contributed by atoms with E-state index in [-0.39, 0.29) is 12.3 Å². The van der Waals surface area contributed by atoms with E-state index in [1.165, 1.54) is 0 Å². The molecule has 1 saturated heterocycles. The van der Waals surface area contributed by atoms with Gasteiger partial charge in [-0.1, -0.05) is 0 Å². The third-order valence-electron chi connectivity index (χ3n) is 5.24. The van der Waals surface area contributed by atoms with Crippen LogP contribution in [0.2, 0.25) is 0 Å². The summed E-state index contributed by atoms with van der Waals surface area (Å²) in [7, 11) is 0. The predicted molar refractivity (Wildman–Crippen MR) is 135 cm³/mol. The Morgan fingerprint density at radius 2 is 1.75 bits per heavy atom. The molecule has 0 aliphatic carbocycles. The lowest BCUT2D eigenvalue weighted by Crippen LogP contribution is -2.37. The standard InChI is InChI=1S/C25H28N6O5/c1-3-35-21-20(24(32)36-4-2)29-22(30-23(21)31-12-14-34-15-13-31)17-7-9-18(10-8-17)27-25(33)28-19-6-5-11-26-16-19/h5-11,16H,3-4,12-15H2,1-2H3,(H2,27,28,33). The molecule has 2 N–H and O–H groups in total. The van der Waals surface area contributed by atoms with Crippen LogP contribution in [0.4, 0.5) is 22.0 Å². The number of urea groups is 1. The maximum Gasteiger partial charge on any atom is 0.361 e. The van der Waals surface area contributed by atoms with Gasteiger partial charge in [0.15, 0.2) is 23.1 Å². The van der Waals surface area contributed by atoms with Crippen molar-refractivity contribution in [2.45, 2.75) is 13.8 Å². The van der Waals surface area contributed by atoms with Crippen LogP contribution in [0.5, 0.6) is 5.75 Å². The number of nitrogens with one attached hydrogen (secondary N) is 2. The fourth-order valence-electron chi connectivity index (χ4n) is 3.61. The number of ether oxygens (including phenoxy) is 3. The summed E-state index contributed by atoms with van der Waals surface area (Å²) in [5, 5.41) is 5.48. The Morgan fingerprint density at radius 3 is 2.42 bits per heavy atom. The second-order valence-electron chi connectivity index (χ2n) is 7.70. The smallest absolute Gasteiger partial charge is 0.361 e. The Hall–Kier alpha value is -4.25. The largest absolute Gasteiger partial charge is 0.488 e. The Labute approximate surface area is 208 Å². The van der Waals surface area contributed by atoms with Crippen LogP contribution in [-0.2, 0) is 9.47 Å². The van der Waals surface area contributed by atoms with Crippen molar-refractivity contribution in [2.24, 2.45) is 0 Å². The van der Waals surface area contributed by atoms with Crippen molar-refractivity contribution in [3.8, 4) is 17.1 Å². The van der Waals surface area contributed by atoms with Crippen molar-refractivity contribution in [3.63, 3.8) is 0 Å². The quantitative estimate of drug-likeness (QED) is 0.453. The summed E-state index contributed by atoms with van der Waals surface area (Å²) in [6.45, 7) is 6.41. The van der Waals surface area contributed by atoms with E-state index in [1.807, 2.05) is 11.8 Å². The molecule has 0 radical (unpaired) electrons. The Kier molecular flexibility index (Phi) is 8.24. The minimum absolute atomic E-state index is 0.0724. The molecule has 0 spiro atoms. The molecule has 0 bridgehead atoms. The van der Waals surface area contributed by atoms with E-state index >= 15 is 0 Å². The van der Waals surface area contributed by atoms with Gasteiger partial charge < -0.3 is 29.7 Å². The Morgan fingerprint density at radius 1 is 1.00 bits per heavy atom. The molecule has 2 aromatic heterocycles. The van der Waals surface area contributed by atoms with E-state index in [1.54, 1.807) is 55.7 Å². The van der Waals surface area contributed by atoms with Gasteiger partial charge in [0.1, 0.15) is 0 Å². The number of nitrogens with zero attached hydrogens (tertiary/aromatic N) is 4. The molecule has 1 fully saturated rings. The molecule has 0 atom stereocenters. The molecule has 188 valence electrons. The molecule has 4 rings (SSSR count). The number of anilines is 3. The molecule has 0 saturated carbocycles. The van der Waals surface area contributed by atoms with Gasteiger partial charge in [-0.15, -0.1) is 0 Å². The van der Waals surface area contributed by atoms with Crippen LogP contribution in [0.25, 0.3) is 11.4 Å². The highest BCUT2D eigenvalue weighted by Gasteiger charge is 2.27. The maximum absolute atomic E-state index is 12.8. The van der Waals surface area contributed by atoms with Crippen molar-refractivity contribution in [3.05, 3.63) is 54.5 Å². The van der Waals surface area contributed by atoms with E-state index < -0.39 is 12.0 Å². The number of aromatic nitrogens is 3. The highest BCUT2D eigenvalue weighted by molar-refractivity contribution is 5.99. The number of hydrogen-bond donors (Lipinski definition) is 2. The SMILES string of the molecule is CCOC(=O)c1nc(-c2ccc(NC(=O)Nc3cccnc3)cc2)nc(N2CCOCC2)c1OCC. The van der Waals surface area contributed by atoms with Gasteiger partial charge in [-0.05, 0) is 50.2 Å². The molecule has 1 aliphatic heterocycles. The number of esters is 1. The van der Waals surface area contributed by atoms with Crippen molar-refractivity contribution < 1.29 is 23.8 Å². The van der Waals surface area contributed by atoms with Crippen molar-refractivity contribution >= 4 is 29.2 Å². The van der Waals surface area contributed by atoms with Crippen LogP contribution in [0.15, 0.2) is 48.8 Å². The Bertz CT molecular complexity index is 1180. The average Bonchev–Trinajstić information content (AvgIpc) is 2.90. The summed E-state index contributed by atoms with van der Waals surface area (Å²) in [4.78, 5) is 40.3. The molecule has 11 nitrogen and oxygen atoms in total. The topological polar surface area (TPSA) is 128 Å². The van der Waals surface area contributed by atoms with E-state index in [0.717, 1.165) is 0 Å². The fraction of sp³-hybridized carbons (Fsp3) is 0.320. The van der Waals surface area contributed by atoms with Gasteiger partial charge in [-0.3, -0.25) is 4.98 Å². The van der Waals surface area contributed by atoms with E-state index in [9.17, 15) is 9.59 Å². The van der Waals surface area contributed by atoms with E-state index in [4.69, 9.17) is 19.2 Å². The minimum atomic E-state index is -0.579. The van der Waals surface area contributed by atoms with Crippen LogP contribution in [-0.4, -0.2) is 66.5 Å². The molecule has 0 unspecified atom stereocenters. The number of carbonyl (C=O) groups is 2. The van der Waals surface area contributed by atoms with Crippen molar-refractivity contribution in [1.29, 1.82) is 0 Å². The number of pyridine rings is 1. The van der Waals surface area contributed by atoms with Gasteiger partial charge in [0.05, 0.1) is 38.3 Å². The molecule has 1 aromatic carbocycles. The second kappa shape index (κ2) is 11.9. The number of benzene rings is 1. The molecule has 36 heavy (non-hydrogen) atoms. The molecule has 3 aromatic rings. The number of carbonyl (C=O) groups excluding carboxylic acids is 2. The zero-order chi connectivity index (χ0) is 25.3. The molecule has 3 heterocycles. The number of amides is 2. The van der Waals surface area contributed by atoms with Crippen LogP contribution in [0.3, 0.4) is 0 Å². The highest BCUT2D eigenvalue weighted by atomic mass is 16.5. The summed E-state index contributed by atoms with van der Waals surface area (Å²) in [6, 6.07) is 10.1. The highest BCUT2D eigenvalue weighted by Crippen LogP contribution is 2.33. The summed E-state index contributed by atoms with van der Waals surface area (Å²) in [5.74, 6) is 0.581. The van der Waals surface area contributed by atoms with Crippen LogP contribution in [0.1, 0.15) is 24.3 Å². The third kappa shape index (κ3) is 6.05. The van der Waals surface area contributed by atoms with E-state index in [2.05, 4.69) is 20.6 Å². The first-order chi connectivity index (χ1) is 17.6.